The number of nitrogens with one attached hydrogen (secondary N) is 1. The van der Waals surface area contributed by atoms with E-state index in [2.05, 4.69) is 15.2 Å². The zero-order chi connectivity index (χ0) is 16.1. The summed E-state index contributed by atoms with van der Waals surface area (Å²) in [7, 11) is 1.60. The van der Waals surface area contributed by atoms with Gasteiger partial charge < -0.3 is 15.0 Å². The lowest BCUT2D eigenvalue weighted by Crippen LogP contribution is -2.29. The van der Waals surface area contributed by atoms with Crippen molar-refractivity contribution in [1.29, 1.82) is 0 Å². The molecule has 1 aromatic carbocycles. The molecule has 3 rings (SSSR count). The second kappa shape index (κ2) is 7.13. The van der Waals surface area contributed by atoms with Crippen LogP contribution in [0.4, 0.5) is 11.5 Å². The third kappa shape index (κ3) is 3.80. The van der Waals surface area contributed by atoms with E-state index in [1.54, 1.807) is 31.4 Å². The second-order valence-corrected chi connectivity index (χ2v) is 5.63. The van der Waals surface area contributed by atoms with Crippen molar-refractivity contribution in [3.63, 3.8) is 0 Å². The summed E-state index contributed by atoms with van der Waals surface area (Å²) in [5, 5.41) is 2.82. The molecule has 0 bridgehead atoms. The average Bonchev–Trinajstić information content (AvgIpc) is 2.63. The van der Waals surface area contributed by atoms with Gasteiger partial charge in [0.05, 0.1) is 19.0 Å². The van der Waals surface area contributed by atoms with Crippen LogP contribution in [-0.4, -0.2) is 31.1 Å². The van der Waals surface area contributed by atoms with Crippen LogP contribution < -0.4 is 15.0 Å². The zero-order valence-electron chi connectivity index (χ0n) is 13.3. The minimum absolute atomic E-state index is 0.175. The lowest BCUT2D eigenvalue weighted by atomic mass is 10.1. The molecule has 1 fully saturated rings. The Morgan fingerprint density at radius 2 is 1.83 bits per heavy atom. The van der Waals surface area contributed by atoms with Crippen molar-refractivity contribution >= 4 is 17.4 Å². The molecule has 23 heavy (non-hydrogen) atoms. The van der Waals surface area contributed by atoms with Crippen molar-refractivity contribution in [3.05, 3.63) is 48.2 Å². The fourth-order valence-corrected chi connectivity index (χ4v) is 2.73. The summed E-state index contributed by atoms with van der Waals surface area (Å²) in [6.07, 6.45) is 5.60. The van der Waals surface area contributed by atoms with Gasteiger partial charge in [0.25, 0.3) is 5.91 Å². The lowest BCUT2D eigenvalue weighted by Gasteiger charge is -2.28. The van der Waals surface area contributed by atoms with Crippen molar-refractivity contribution in [3.8, 4) is 5.75 Å². The van der Waals surface area contributed by atoms with Gasteiger partial charge >= 0.3 is 0 Å². The predicted octanol–water partition coefficient (Wildman–Crippen LogP) is 3.33. The molecule has 1 N–H and O–H groups in total. The van der Waals surface area contributed by atoms with Crippen LogP contribution in [0.2, 0.25) is 0 Å². The van der Waals surface area contributed by atoms with E-state index in [1.165, 1.54) is 19.3 Å². The van der Waals surface area contributed by atoms with Gasteiger partial charge in [0.1, 0.15) is 11.6 Å². The summed E-state index contributed by atoms with van der Waals surface area (Å²) in [6.45, 7) is 2.17. The van der Waals surface area contributed by atoms with Gasteiger partial charge in [0.2, 0.25) is 0 Å². The SMILES string of the molecule is COc1ccc(C(=O)Nc2ccc(N3CCCCC3)cn2)cc1. The summed E-state index contributed by atoms with van der Waals surface area (Å²) in [5.41, 5.74) is 1.69. The molecule has 0 unspecified atom stereocenters. The molecule has 2 heterocycles. The quantitative estimate of drug-likeness (QED) is 0.941. The van der Waals surface area contributed by atoms with E-state index in [-0.39, 0.29) is 5.91 Å². The minimum Gasteiger partial charge on any atom is -0.497 e. The molecular formula is C18H21N3O2. The number of pyridine rings is 1. The second-order valence-electron chi connectivity index (χ2n) is 5.63. The Kier molecular flexibility index (Phi) is 4.76. The Hall–Kier alpha value is -2.56. The largest absolute Gasteiger partial charge is 0.497 e. The van der Waals surface area contributed by atoms with E-state index in [4.69, 9.17) is 4.74 Å². The first-order valence-corrected chi connectivity index (χ1v) is 7.93. The number of carbonyl (C=O) groups is 1. The highest BCUT2D eigenvalue weighted by molar-refractivity contribution is 6.03. The Morgan fingerprint density at radius 1 is 1.09 bits per heavy atom. The number of aromatic nitrogens is 1. The fourth-order valence-electron chi connectivity index (χ4n) is 2.73. The van der Waals surface area contributed by atoms with E-state index < -0.39 is 0 Å². The highest BCUT2D eigenvalue weighted by atomic mass is 16.5. The Bertz CT molecular complexity index is 647. The van der Waals surface area contributed by atoms with Gasteiger partial charge in [0.15, 0.2) is 0 Å². The molecule has 120 valence electrons. The van der Waals surface area contributed by atoms with Crippen molar-refractivity contribution in [2.45, 2.75) is 19.3 Å². The van der Waals surface area contributed by atoms with Crippen LogP contribution in [0.15, 0.2) is 42.6 Å². The van der Waals surface area contributed by atoms with Gasteiger partial charge in [-0.05, 0) is 55.7 Å². The third-order valence-electron chi connectivity index (χ3n) is 4.06. The number of amides is 1. The summed E-state index contributed by atoms with van der Waals surface area (Å²) in [6, 6.07) is 10.9. The van der Waals surface area contributed by atoms with Gasteiger partial charge in [0, 0.05) is 18.7 Å². The molecule has 0 spiro atoms. The maximum Gasteiger partial charge on any atom is 0.256 e. The first kappa shape index (κ1) is 15.3. The Morgan fingerprint density at radius 3 is 2.43 bits per heavy atom. The Labute approximate surface area is 136 Å². The molecule has 1 amide bonds. The van der Waals surface area contributed by atoms with Crippen LogP contribution in [0.25, 0.3) is 0 Å². The first-order valence-electron chi connectivity index (χ1n) is 7.93. The molecule has 0 radical (unpaired) electrons. The van der Waals surface area contributed by atoms with Crippen LogP contribution in [0.3, 0.4) is 0 Å². The number of ether oxygens (including phenoxy) is 1. The van der Waals surface area contributed by atoms with E-state index in [0.717, 1.165) is 24.5 Å². The van der Waals surface area contributed by atoms with Gasteiger partial charge in [-0.25, -0.2) is 4.98 Å². The molecule has 1 aromatic heterocycles. The van der Waals surface area contributed by atoms with Gasteiger partial charge in [-0.15, -0.1) is 0 Å². The van der Waals surface area contributed by atoms with Crippen LogP contribution in [-0.2, 0) is 0 Å². The van der Waals surface area contributed by atoms with Crippen molar-refractivity contribution in [2.75, 3.05) is 30.4 Å². The highest BCUT2D eigenvalue weighted by Gasteiger charge is 2.12. The van der Waals surface area contributed by atoms with E-state index in [9.17, 15) is 4.79 Å². The summed E-state index contributed by atoms with van der Waals surface area (Å²) in [5.74, 6) is 1.11. The van der Waals surface area contributed by atoms with E-state index >= 15 is 0 Å². The molecule has 1 aliphatic rings. The number of hydrogen-bond acceptors (Lipinski definition) is 4. The van der Waals surface area contributed by atoms with Crippen molar-refractivity contribution < 1.29 is 9.53 Å². The maximum absolute atomic E-state index is 12.2. The zero-order valence-corrected chi connectivity index (χ0v) is 13.3. The van der Waals surface area contributed by atoms with E-state index in [0.29, 0.717) is 11.4 Å². The van der Waals surface area contributed by atoms with Crippen LogP contribution in [0.1, 0.15) is 29.6 Å². The highest BCUT2D eigenvalue weighted by Crippen LogP contribution is 2.20. The fraction of sp³-hybridized carbons (Fsp3) is 0.333. The molecule has 0 aliphatic carbocycles. The molecule has 0 saturated carbocycles. The molecule has 5 heteroatoms. The maximum atomic E-state index is 12.2. The van der Waals surface area contributed by atoms with Gasteiger partial charge in [-0.3, -0.25) is 4.79 Å². The topological polar surface area (TPSA) is 54.5 Å². The number of piperidine rings is 1. The van der Waals surface area contributed by atoms with Crippen molar-refractivity contribution in [2.24, 2.45) is 0 Å². The number of methoxy groups -OCH3 is 1. The molecule has 1 saturated heterocycles. The van der Waals surface area contributed by atoms with Gasteiger partial charge in [-0.2, -0.15) is 0 Å². The normalized spacial score (nSPS) is 14.4. The summed E-state index contributed by atoms with van der Waals surface area (Å²) >= 11 is 0. The summed E-state index contributed by atoms with van der Waals surface area (Å²) < 4.78 is 5.09. The monoisotopic (exact) mass is 311 g/mol. The number of rotatable bonds is 4. The van der Waals surface area contributed by atoms with Crippen LogP contribution >= 0.6 is 0 Å². The molecule has 0 atom stereocenters. The molecule has 5 nitrogen and oxygen atoms in total. The number of nitrogens with zero attached hydrogens (tertiary/aromatic N) is 2. The molecule has 2 aromatic rings. The molecule has 1 aliphatic heterocycles. The predicted molar refractivity (Wildman–Crippen MR) is 91.2 cm³/mol. The number of benzene rings is 1. The number of anilines is 2. The van der Waals surface area contributed by atoms with E-state index in [1.807, 2.05) is 18.3 Å². The number of carbonyl (C=O) groups excluding carboxylic acids is 1. The Balaban J connectivity index is 1.63. The third-order valence-corrected chi connectivity index (χ3v) is 4.06. The smallest absolute Gasteiger partial charge is 0.256 e. The summed E-state index contributed by atoms with van der Waals surface area (Å²) in [4.78, 5) is 18.9. The average molecular weight is 311 g/mol. The minimum atomic E-state index is -0.175. The number of hydrogen-bond donors (Lipinski definition) is 1. The first-order chi connectivity index (χ1) is 11.3. The standard InChI is InChI=1S/C18H21N3O2/c1-23-16-8-5-14(6-9-16)18(22)20-17-10-7-15(13-19-17)21-11-3-2-4-12-21/h5-10,13H,2-4,11-12H2,1H3,(H,19,20,22). The van der Waals surface area contributed by atoms with Crippen molar-refractivity contribution in [1.82, 2.24) is 4.98 Å². The lowest BCUT2D eigenvalue weighted by molar-refractivity contribution is 0.102. The van der Waals surface area contributed by atoms with Crippen LogP contribution in [0.5, 0.6) is 5.75 Å². The molecular weight excluding hydrogens is 290 g/mol. The van der Waals surface area contributed by atoms with Gasteiger partial charge in [-0.1, -0.05) is 0 Å². The van der Waals surface area contributed by atoms with Crippen LogP contribution in [0, 0.1) is 0 Å².